The van der Waals surface area contributed by atoms with Crippen LogP contribution in [0.4, 0.5) is 8.78 Å². The molecule has 0 heterocycles. The van der Waals surface area contributed by atoms with Gasteiger partial charge in [-0.2, -0.15) is 0 Å². The Hall–Kier alpha value is -2.83. The second kappa shape index (κ2) is 7.82. The Labute approximate surface area is 155 Å². The SMILES string of the molecule is CCC(c1ccc(F)cc1)N(Cc1cccc(F)c1)C(=O)C1CC1[N+](=O)[O-]. The van der Waals surface area contributed by atoms with E-state index in [1.165, 1.54) is 24.3 Å². The molecule has 3 unspecified atom stereocenters. The molecular weight excluding hydrogens is 354 g/mol. The monoisotopic (exact) mass is 374 g/mol. The number of rotatable bonds is 7. The van der Waals surface area contributed by atoms with Gasteiger partial charge in [-0.25, -0.2) is 8.78 Å². The molecule has 1 amide bonds. The third kappa shape index (κ3) is 4.30. The van der Waals surface area contributed by atoms with Crippen LogP contribution in [0.15, 0.2) is 48.5 Å². The lowest BCUT2D eigenvalue weighted by molar-refractivity contribution is -0.497. The predicted octanol–water partition coefficient (Wildman–Crippen LogP) is 4.11. The largest absolute Gasteiger partial charge is 0.331 e. The van der Waals surface area contributed by atoms with Crippen LogP contribution in [-0.4, -0.2) is 21.8 Å². The predicted molar refractivity (Wildman–Crippen MR) is 95.3 cm³/mol. The molecule has 0 saturated heterocycles. The molecule has 3 rings (SSSR count). The highest BCUT2D eigenvalue weighted by molar-refractivity contribution is 5.82. The van der Waals surface area contributed by atoms with Crippen LogP contribution in [0.25, 0.3) is 0 Å². The number of hydrogen-bond donors (Lipinski definition) is 0. The van der Waals surface area contributed by atoms with Crippen molar-refractivity contribution in [3.63, 3.8) is 0 Å². The fraction of sp³-hybridized carbons (Fsp3) is 0.350. The quantitative estimate of drug-likeness (QED) is 0.541. The summed E-state index contributed by atoms with van der Waals surface area (Å²) in [6, 6.07) is 10.5. The number of benzene rings is 2. The molecule has 1 aliphatic carbocycles. The van der Waals surface area contributed by atoms with Crippen molar-refractivity contribution >= 4 is 5.91 Å². The summed E-state index contributed by atoms with van der Waals surface area (Å²) < 4.78 is 26.9. The van der Waals surface area contributed by atoms with Crippen LogP contribution >= 0.6 is 0 Å². The van der Waals surface area contributed by atoms with Crippen molar-refractivity contribution in [2.45, 2.75) is 38.4 Å². The molecule has 0 spiro atoms. The molecule has 0 radical (unpaired) electrons. The summed E-state index contributed by atoms with van der Waals surface area (Å²) in [6.07, 6.45) is 0.758. The first-order valence-corrected chi connectivity index (χ1v) is 8.84. The highest BCUT2D eigenvalue weighted by Gasteiger charge is 2.55. The minimum atomic E-state index is -0.863. The van der Waals surface area contributed by atoms with Gasteiger partial charge < -0.3 is 4.90 Å². The third-order valence-corrected chi connectivity index (χ3v) is 4.89. The first-order valence-electron chi connectivity index (χ1n) is 8.84. The molecule has 3 atom stereocenters. The number of hydrogen-bond acceptors (Lipinski definition) is 3. The Bertz CT molecular complexity index is 841. The van der Waals surface area contributed by atoms with Crippen LogP contribution in [0.1, 0.15) is 36.9 Å². The Morgan fingerprint density at radius 3 is 2.48 bits per heavy atom. The lowest BCUT2D eigenvalue weighted by atomic mass is 10.0. The van der Waals surface area contributed by atoms with Crippen LogP contribution in [-0.2, 0) is 11.3 Å². The standard InChI is InChI=1S/C20H20F2N2O3/c1-2-18(14-6-8-15(21)9-7-14)23(12-13-4-3-5-16(22)10-13)20(25)17-11-19(17)24(26)27/h3-10,17-19H,2,11-12H2,1H3. The normalized spacial score (nSPS) is 19.4. The van der Waals surface area contributed by atoms with E-state index in [1.807, 2.05) is 6.92 Å². The molecule has 2 aromatic carbocycles. The van der Waals surface area contributed by atoms with Crippen LogP contribution < -0.4 is 0 Å². The minimum absolute atomic E-state index is 0.132. The van der Waals surface area contributed by atoms with E-state index in [-0.39, 0.29) is 30.7 Å². The van der Waals surface area contributed by atoms with Gasteiger partial charge in [-0.05, 0) is 41.8 Å². The number of amides is 1. The lowest BCUT2D eigenvalue weighted by Crippen LogP contribution is -2.36. The van der Waals surface area contributed by atoms with E-state index in [0.29, 0.717) is 12.0 Å². The maximum absolute atomic E-state index is 13.6. The van der Waals surface area contributed by atoms with Crippen LogP contribution in [0.5, 0.6) is 0 Å². The number of carbonyl (C=O) groups excluding carboxylic acids is 1. The molecule has 0 aliphatic heterocycles. The smallest absolute Gasteiger partial charge is 0.233 e. The fourth-order valence-corrected chi connectivity index (χ4v) is 3.39. The van der Waals surface area contributed by atoms with E-state index in [0.717, 1.165) is 5.56 Å². The van der Waals surface area contributed by atoms with Crippen molar-refractivity contribution in [3.8, 4) is 0 Å². The fourth-order valence-electron chi connectivity index (χ4n) is 3.39. The lowest BCUT2D eigenvalue weighted by Gasteiger charge is -2.32. The summed E-state index contributed by atoms with van der Waals surface area (Å²) >= 11 is 0. The number of carbonyl (C=O) groups is 1. The molecule has 142 valence electrons. The average Bonchev–Trinajstić information content (AvgIpc) is 3.43. The third-order valence-electron chi connectivity index (χ3n) is 4.89. The molecule has 2 aromatic rings. The molecule has 27 heavy (non-hydrogen) atoms. The highest BCUT2D eigenvalue weighted by Crippen LogP contribution is 2.38. The van der Waals surface area contributed by atoms with Crippen molar-refractivity contribution < 1.29 is 18.5 Å². The highest BCUT2D eigenvalue weighted by atomic mass is 19.1. The van der Waals surface area contributed by atoms with E-state index in [2.05, 4.69) is 0 Å². The van der Waals surface area contributed by atoms with Crippen molar-refractivity contribution in [3.05, 3.63) is 81.4 Å². The molecule has 7 heteroatoms. The Kier molecular flexibility index (Phi) is 5.48. The zero-order chi connectivity index (χ0) is 19.6. The van der Waals surface area contributed by atoms with Gasteiger partial charge in [0.15, 0.2) is 0 Å². The summed E-state index contributed by atoms with van der Waals surface area (Å²) in [5.74, 6) is -1.78. The Morgan fingerprint density at radius 1 is 1.22 bits per heavy atom. The summed E-state index contributed by atoms with van der Waals surface area (Å²) in [6.45, 7) is 2.02. The van der Waals surface area contributed by atoms with Gasteiger partial charge in [0.25, 0.3) is 0 Å². The summed E-state index contributed by atoms with van der Waals surface area (Å²) in [7, 11) is 0. The minimum Gasteiger partial charge on any atom is -0.331 e. The van der Waals surface area contributed by atoms with Crippen LogP contribution in [0.3, 0.4) is 0 Å². The molecule has 0 bridgehead atoms. The number of nitro groups is 1. The van der Waals surface area contributed by atoms with Crippen LogP contribution in [0.2, 0.25) is 0 Å². The molecule has 1 saturated carbocycles. The summed E-state index contributed by atoms with van der Waals surface area (Å²) in [5.41, 5.74) is 1.34. The van der Waals surface area contributed by atoms with Gasteiger partial charge in [-0.15, -0.1) is 0 Å². The molecule has 5 nitrogen and oxygen atoms in total. The van der Waals surface area contributed by atoms with E-state index in [4.69, 9.17) is 0 Å². The van der Waals surface area contributed by atoms with Crippen molar-refractivity contribution in [2.75, 3.05) is 0 Å². The van der Waals surface area contributed by atoms with E-state index in [9.17, 15) is 23.7 Å². The average molecular weight is 374 g/mol. The first-order chi connectivity index (χ1) is 12.9. The van der Waals surface area contributed by atoms with Crippen molar-refractivity contribution in [1.82, 2.24) is 4.90 Å². The second-order valence-corrected chi connectivity index (χ2v) is 6.77. The zero-order valence-corrected chi connectivity index (χ0v) is 14.8. The molecular formula is C20H20F2N2O3. The number of halogens is 2. The van der Waals surface area contributed by atoms with Gasteiger partial charge in [-0.1, -0.05) is 31.2 Å². The summed E-state index contributed by atoms with van der Waals surface area (Å²) in [4.78, 5) is 25.1. The molecule has 1 fully saturated rings. The van der Waals surface area contributed by atoms with Crippen molar-refractivity contribution in [2.24, 2.45) is 5.92 Å². The zero-order valence-electron chi connectivity index (χ0n) is 14.8. The topological polar surface area (TPSA) is 63.5 Å². The van der Waals surface area contributed by atoms with Gasteiger partial charge in [0, 0.05) is 17.9 Å². The van der Waals surface area contributed by atoms with E-state index >= 15 is 0 Å². The van der Waals surface area contributed by atoms with E-state index < -0.39 is 22.7 Å². The van der Waals surface area contributed by atoms with Gasteiger partial charge in [-0.3, -0.25) is 14.9 Å². The van der Waals surface area contributed by atoms with Gasteiger partial charge in [0.2, 0.25) is 11.9 Å². The van der Waals surface area contributed by atoms with E-state index in [1.54, 1.807) is 29.2 Å². The Balaban J connectivity index is 1.91. The molecule has 1 aliphatic rings. The van der Waals surface area contributed by atoms with Gasteiger partial charge >= 0.3 is 0 Å². The molecule has 0 aromatic heterocycles. The maximum atomic E-state index is 13.6. The van der Waals surface area contributed by atoms with Crippen molar-refractivity contribution in [1.29, 1.82) is 0 Å². The second-order valence-electron chi connectivity index (χ2n) is 6.77. The number of nitrogens with zero attached hydrogens (tertiary/aromatic N) is 2. The first kappa shape index (κ1) is 18.9. The molecule has 0 N–H and O–H groups in total. The maximum Gasteiger partial charge on any atom is 0.233 e. The summed E-state index contributed by atoms with van der Waals surface area (Å²) in [5, 5.41) is 11.0. The Morgan fingerprint density at radius 2 is 1.93 bits per heavy atom. The van der Waals surface area contributed by atoms with Gasteiger partial charge in [0.1, 0.15) is 17.6 Å². The van der Waals surface area contributed by atoms with Gasteiger partial charge in [0.05, 0.1) is 6.04 Å². The van der Waals surface area contributed by atoms with Crippen LogP contribution in [0, 0.1) is 27.7 Å².